The molecule has 4 rings (SSSR count). The number of aliphatic hydroxyl groups excluding tert-OH is 1. The third kappa shape index (κ3) is 5.82. The van der Waals surface area contributed by atoms with Gasteiger partial charge in [-0.15, -0.1) is 12.4 Å². The number of H-pyrrole nitrogens is 1. The van der Waals surface area contributed by atoms with Gasteiger partial charge in [0.15, 0.2) is 0 Å². The monoisotopic (exact) mass is 513 g/mol. The van der Waals surface area contributed by atoms with E-state index in [2.05, 4.69) is 21.1 Å². The SMILES string of the molecule is CNS(=O)(=O)c1cc(C(O)CNCCOc2ccc3c4c([nH]c3c2)CCCC4)ccc1Cl.Cl. The zero-order valence-corrected chi connectivity index (χ0v) is 20.7. The van der Waals surface area contributed by atoms with Gasteiger partial charge in [-0.3, -0.25) is 0 Å². The molecule has 33 heavy (non-hydrogen) atoms. The van der Waals surface area contributed by atoms with E-state index in [9.17, 15) is 13.5 Å². The van der Waals surface area contributed by atoms with Gasteiger partial charge in [0.05, 0.1) is 11.1 Å². The molecule has 180 valence electrons. The van der Waals surface area contributed by atoms with Crippen molar-refractivity contribution in [2.45, 2.75) is 36.7 Å². The van der Waals surface area contributed by atoms with Crippen LogP contribution >= 0.6 is 24.0 Å². The van der Waals surface area contributed by atoms with Crippen LogP contribution in [0.4, 0.5) is 0 Å². The lowest BCUT2D eigenvalue weighted by molar-refractivity contribution is 0.171. The van der Waals surface area contributed by atoms with Crippen LogP contribution in [0.15, 0.2) is 41.3 Å². The molecule has 1 atom stereocenters. The second-order valence-electron chi connectivity index (χ2n) is 7.96. The first kappa shape index (κ1) is 25.8. The highest BCUT2D eigenvalue weighted by Crippen LogP contribution is 2.31. The fourth-order valence-corrected chi connectivity index (χ4v) is 5.38. The highest BCUT2D eigenvalue weighted by Gasteiger charge is 2.19. The van der Waals surface area contributed by atoms with Crippen LogP contribution in [-0.4, -0.2) is 45.3 Å². The van der Waals surface area contributed by atoms with Gasteiger partial charge in [0.1, 0.15) is 17.3 Å². The number of hydrogen-bond donors (Lipinski definition) is 4. The normalized spacial score (nSPS) is 14.5. The number of sulfonamides is 1. The Labute approximate surface area is 205 Å². The number of benzene rings is 2. The number of aromatic nitrogens is 1. The van der Waals surface area contributed by atoms with E-state index in [1.54, 1.807) is 6.07 Å². The molecule has 10 heteroatoms. The van der Waals surface area contributed by atoms with Gasteiger partial charge in [0.2, 0.25) is 10.0 Å². The number of aryl methyl sites for hydroxylation is 2. The maximum atomic E-state index is 12.1. The largest absolute Gasteiger partial charge is 0.492 e. The molecular weight excluding hydrogens is 485 g/mol. The number of hydrogen-bond acceptors (Lipinski definition) is 5. The Morgan fingerprint density at radius 3 is 2.76 bits per heavy atom. The molecule has 0 saturated heterocycles. The maximum Gasteiger partial charge on any atom is 0.241 e. The van der Waals surface area contributed by atoms with E-state index in [0.717, 1.165) is 24.1 Å². The fraction of sp³-hybridized carbons (Fsp3) is 0.391. The van der Waals surface area contributed by atoms with Gasteiger partial charge in [0, 0.05) is 35.8 Å². The van der Waals surface area contributed by atoms with Crippen LogP contribution in [0.1, 0.15) is 35.8 Å². The topological polar surface area (TPSA) is 103 Å². The van der Waals surface area contributed by atoms with E-state index < -0.39 is 16.1 Å². The molecule has 1 aliphatic rings. The molecule has 3 aromatic rings. The predicted molar refractivity (Wildman–Crippen MR) is 133 cm³/mol. The van der Waals surface area contributed by atoms with Crippen molar-refractivity contribution in [1.82, 2.24) is 15.0 Å². The van der Waals surface area contributed by atoms with E-state index in [-0.39, 0.29) is 28.9 Å². The van der Waals surface area contributed by atoms with Gasteiger partial charge in [0.25, 0.3) is 0 Å². The smallest absolute Gasteiger partial charge is 0.241 e. The van der Waals surface area contributed by atoms with E-state index in [1.165, 1.54) is 48.7 Å². The summed E-state index contributed by atoms with van der Waals surface area (Å²) in [5, 5.41) is 15.0. The standard InChI is InChI=1S/C23H28ClN3O4S.ClH/c1-25-32(29,30)23-12-15(6-9-19(23)24)22(28)14-26-10-11-31-16-7-8-18-17-4-2-3-5-20(17)27-21(18)13-16;/h6-9,12-13,22,25-28H,2-5,10-11,14H2,1H3;1H. The van der Waals surface area contributed by atoms with Crippen LogP contribution in [0, 0.1) is 0 Å². The molecule has 0 aliphatic heterocycles. The minimum absolute atomic E-state index is 0. The Kier molecular flexibility index (Phi) is 8.66. The Morgan fingerprint density at radius 1 is 1.18 bits per heavy atom. The summed E-state index contributed by atoms with van der Waals surface area (Å²) in [5.41, 5.74) is 4.39. The van der Waals surface area contributed by atoms with Crippen molar-refractivity contribution in [2.24, 2.45) is 0 Å². The van der Waals surface area contributed by atoms with E-state index in [0.29, 0.717) is 18.7 Å². The van der Waals surface area contributed by atoms with Crippen LogP contribution in [0.3, 0.4) is 0 Å². The lowest BCUT2D eigenvalue weighted by atomic mass is 9.96. The maximum absolute atomic E-state index is 12.1. The van der Waals surface area contributed by atoms with Crippen molar-refractivity contribution >= 4 is 44.9 Å². The molecule has 0 spiro atoms. The molecule has 1 aliphatic carbocycles. The summed E-state index contributed by atoms with van der Waals surface area (Å²) in [5.74, 6) is 0.804. The average Bonchev–Trinajstić information content (AvgIpc) is 3.16. The lowest BCUT2D eigenvalue weighted by Gasteiger charge is -2.15. The van der Waals surface area contributed by atoms with Crippen LogP contribution in [0.2, 0.25) is 5.02 Å². The summed E-state index contributed by atoms with van der Waals surface area (Å²) in [6.07, 6.45) is 3.86. The molecule has 0 fully saturated rings. The Morgan fingerprint density at radius 2 is 1.97 bits per heavy atom. The first-order valence-corrected chi connectivity index (χ1v) is 12.6. The molecule has 1 unspecified atom stereocenters. The van der Waals surface area contributed by atoms with Crippen molar-refractivity contribution in [3.63, 3.8) is 0 Å². The van der Waals surface area contributed by atoms with Gasteiger partial charge in [-0.05, 0) is 68.1 Å². The molecule has 7 nitrogen and oxygen atoms in total. The summed E-state index contributed by atoms with van der Waals surface area (Å²) in [6.45, 7) is 1.23. The Bertz CT molecular complexity index is 1210. The third-order valence-electron chi connectivity index (χ3n) is 5.85. The van der Waals surface area contributed by atoms with Gasteiger partial charge in [-0.2, -0.15) is 0 Å². The van der Waals surface area contributed by atoms with Crippen molar-refractivity contribution in [3.05, 3.63) is 58.2 Å². The number of ether oxygens (including phenoxy) is 1. The number of aromatic amines is 1. The quantitative estimate of drug-likeness (QED) is 0.326. The Balaban J connectivity index is 0.00000306. The number of fused-ring (bicyclic) bond motifs is 3. The molecule has 0 saturated carbocycles. The molecular formula is C23H29Cl2N3O4S. The summed E-state index contributed by atoms with van der Waals surface area (Å²) >= 11 is 6.00. The number of nitrogens with one attached hydrogen (secondary N) is 3. The minimum atomic E-state index is -3.70. The molecule has 0 bridgehead atoms. The number of rotatable bonds is 9. The van der Waals surface area contributed by atoms with Crippen LogP contribution in [0.25, 0.3) is 10.9 Å². The zero-order chi connectivity index (χ0) is 22.7. The molecule has 0 amide bonds. The lowest BCUT2D eigenvalue weighted by Crippen LogP contribution is -2.26. The van der Waals surface area contributed by atoms with Gasteiger partial charge < -0.3 is 20.1 Å². The zero-order valence-electron chi connectivity index (χ0n) is 18.4. The van der Waals surface area contributed by atoms with Crippen LogP contribution < -0.4 is 14.8 Å². The molecule has 1 heterocycles. The van der Waals surface area contributed by atoms with Gasteiger partial charge in [-0.1, -0.05) is 17.7 Å². The Hall–Kier alpha value is -1.81. The highest BCUT2D eigenvalue weighted by atomic mass is 35.5. The van der Waals surface area contributed by atoms with Crippen molar-refractivity contribution < 1.29 is 18.3 Å². The first-order valence-electron chi connectivity index (χ1n) is 10.8. The number of aliphatic hydroxyl groups is 1. The summed E-state index contributed by atoms with van der Waals surface area (Å²) in [4.78, 5) is 3.48. The molecule has 4 N–H and O–H groups in total. The first-order chi connectivity index (χ1) is 15.4. The van der Waals surface area contributed by atoms with Crippen molar-refractivity contribution in [2.75, 3.05) is 26.7 Å². The minimum Gasteiger partial charge on any atom is -0.492 e. The van der Waals surface area contributed by atoms with Crippen LogP contribution in [-0.2, 0) is 22.9 Å². The fourth-order valence-electron chi connectivity index (χ4n) is 4.12. The van der Waals surface area contributed by atoms with Gasteiger partial charge >= 0.3 is 0 Å². The van der Waals surface area contributed by atoms with E-state index in [4.69, 9.17) is 16.3 Å². The van der Waals surface area contributed by atoms with Crippen LogP contribution in [0.5, 0.6) is 5.75 Å². The summed E-state index contributed by atoms with van der Waals surface area (Å²) < 4.78 is 32.2. The van der Waals surface area contributed by atoms with E-state index in [1.807, 2.05) is 12.1 Å². The van der Waals surface area contributed by atoms with E-state index >= 15 is 0 Å². The molecule has 0 radical (unpaired) electrons. The summed E-state index contributed by atoms with van der Waals surface area (Å²) in [7, 11) is -2.38. The average molecular weight is 514 g/mol. The number of halogens is 2. The van der Waals surface area contributed by atoms with Crippen molar-refractivity contribution in [1.29, 1.82) is 0 Å². The third-order valence-corrected chi connectivity index (χ3v) is 7.75. The van der Waals surface area contributed by atoms with Crippen molar-refractivity contribution in [3.8, 4) is 5.75 Å². The molecule has 1 aromatic heterocycles. The second-order valence-corrected chi connectivity index (χ2v) is 10.2. The molecule has 2 aromatic carbocycles. The van der Waals surface area contributed by atoms with Gasteiger partial charge in [-0.25, -0.2) is 13.1 Å². The predicted octanol–water partition coefficient (Wildman–Crippen LogP) is 3.73. The highest BCUT2D eigenvalue weighted by molar-refractivity contribution is 7.89. The second kappa shape index (κ2) is 11.1. The summed E-state index contributed by atoms with van der Waals surface area (Å²) in [6, 6.07) is 10.6.